The second-order valence-corrected chi connectivity index (χ2v) is 14.5. The Morgan fingerprint density at radius 3 is 2.12 bits per heavy atom. The molecule has 0 saturated carbocycles. The molecule has 1 aliphatic heterocycles. The van der Waals surface area contributed by atoms with Crippen molar-refractivity contribution in [3.05, 3.63) is 64.8 Å². The van der Waals surface area contributed by atoms with Crippen molar-refractivity contribution in [3.8, 4) is 28.1 Å². The van der Waals surface area contributed by atoms with Gasteiger partial charge in [-0.2, -0.15) is 13.2 Å². The number of aryl methyl sites for hydroxylation is 2. The van der Waals surface area contributed by atoms with Gasteiger partial charge in [0, 0.05) is 17.3 Å². The highest BCUT2D eigenvalue weighted by atomic mass is 28.4. The Bertz CT molecular complexity index is 1220. The quantitative estimate of drug-likeness (QED) is 0.364. The molecule has 0 N–H and O–H groups in total. The van der Waals surface area contributed by atoms with E-state index in [-0.39, 0.29) is 16.5 Å². The van der Waals surface area contributed by atoms with Crippen LogP contribution in [0, 0.1) is 19.3 Å². The monoisotopic (exact) mass is 469 g/mol. The van der Waals surface area contributed by atoms with Crippen LogP contribution in [0.1, 0.15) is 43.0 Å². The number of hydrogen-bond acceptors (Lipinski definition) is 2. The summed E-state index contributed by atoms with van der Waals surface area (Å²) in [7, 11) is -2.32. The average Bonchev–Trinajstić information content (AvgIpc) is 2.64. The van der Waals surface area contributed by atoms with Crippen molar-refractivity contribution in [1.82, 2.24) is 4.98 Å². The molecule has 1 aliphatic rings. The summed E-state index contributed by atoms with van der Waals surface area (Å²) >= 11 is 0. The molecule has 6 heteroatoms. The molecule has 2 heterocycles. The fourth-order valence-electron chi connectivity index (χ4n) is 4.87. The number of aromatic nitrogens is 1. The maximum atomic E-state index is 13.5. The molecule has 0 aliphatic carbocycles. The Morgan fingerprint density at radius 2 is 1.55 bits per heavy atom. The van der Waals surface area contributed by atoms with E-state index in [2.05, 4.69) is 57.0 Å². The molecule has 33 heavy (non-hydrogen) atoms. The summed E-state index contributed by atoms with van der Waals surface area (Å²) in [5, 5.41) is 1.24. The van der Waals surface area contributed by atoms with Crippen LogP contribution in [0.5, 0.6) is 5.75 Å². The van der Waals surface area contributed by atoms with E-state index < -0.39 is 20.1 Å². The number of alkyl halides is 3. The van der Waals surface area contributed by atoms with Crippen molar-refractivity contribution >= 4 is 13.5 Å². The number of hydrogen-bond donors (Lipinski definition) is 0. The summed E-state index contributed by atoms with van der Waals surface area (Å²) < 4.78 is 47.1. The van der Waals surface area contributed by atoms with E-state index >= 15 is 0 Å². The number of rotatable bonds is 2. The number of halogens is 3. The first kappa shape index (κ1) is 23.6. The van der Waals surface area contributed by atoms with Gasteiger partial charge in [0.2, 0.25) is 0 Å². The van der Waals surface area contributed by atoms with Crippen LogP contribution in [0.3, 0.4) is 0 Å². The van der Waals surface area contributed by atoms with Crippen LogP contribution >= 0.6 is 0 Å². The Hall–Kier alpha value is -2.60. The minimum Gasteiger partial charge on any atom is -0.538 e. The molecule has 1 aromatic heterocycles. The second-order valence-electron chi connectivity index (χ2n) is 10.7. The molecule has 0 saturated heterocycles. The van der Waals surface area contributed by atoms with Crippen LogP contribution in [-0.2, 0) is 12.6 Å². The number of pyridine rings is 1. The third kappa shape index (κ3) is 4.45. The molecule has 0 radical (unpaired) electrons. The lowest BCUT2D eigenvalue weighted by atomic mass is 9.87. The van der Waals surface area contributed by atoms with Crippen LogP contribution in [0.25, 0.3) is 22.4 Å². The molecule has 0 spiro atoms. The van der Waals surface area contributed by atoms with Gasteiger partial charge in [-0.05, 0) is 84.4 Å². The van der Waals surface area contributed by atoms with Crippen molar-refractivity contribution in [1.29, 1.82) is 0 Å². The first-order valence-corrected chi connectivity index (χ1v) is 14.1. The van der Waals surface area contributed by atoms with Crippen molar-refractivity contribution in [2.45, 2.75) is 60.3 Å². The van der Waals surface area contributed by atoms with Gasteiger partial charge in [0.15, 0.2) is 0 Å². The minimum absolute atomic E-state index is 0.183. The van der Waals surface area contributed by atoms with Crippen molar-refractivity contribution in [3.63, 3.8) is 0 Å². The second kappa shape index (κ2) is 7.72. The van der Waals surface area contributed by atoms with Crippen LogP contribution in [-0.4, -0.2) is 13.3 Å². The van der Waals surface area contributed by atoms with Crippen molar-refractivity contribution in [2.75, 3.05) is 0 Å². The van der Waals surface area contributed by atoms with E-state index in [0.717, 1.165) is 17.5 Å². The summed E-state index contributed by atoms with van der Waals surface area (Å²) in [4.78, 5) is 4.56. The van der Waals surface area contributed by atoms with Gasteiger partial charge in [0.1, 0.15) is 11.4 Å². The topological polar surface area (TPSA) is 22.1 Å². The van der Waals surface area contributed by atoms with E-state index in [1.807, 2.05) is 6.07 Å². The Kier molecular flexibility index (Phi) is 5.51. The molecule has 0 atom stereocenters. The lowest BCUT2D eigenvalue weighted by molar-refractivity contribution is -0.138. The zero-order valence-corrected chi connectivity index (χ0v) is 21.2. The van der Waals surface area contributed by atoms with Gasteiger partial charge in [0.25, 0.3) is 8.32 Å². The van der Waals surface area contributed by atoms with E-state index in [0.29, 0.717) is 17.0 Å². The predicted octanol–water partition coefficient (Wildman–Crippen LogP) is 7.44. The van der Waals surface area contributed by atoms with Crippen LogP contribution in [0.15, 0.2) is 42.6 Å². The maximum absolute atomic E-state index is 13.5. The van der Waals surface area contributed by atoms with Gasteiger partial charge in [-0.25, -0.2) is 0 Å². The summed E-state index contributed by atoms with van der Waals surface area (Å²) in [6.45, 7) is 14.0. The summed E-state index contributed by atoms with van der Waals surface area (Å²) in [5.41, 5.74) is 4.59. The molecule has 4 rings (SSSR count). The van der Waals surface area contributed by atoms with Gasteiger partial charge < -0.3 is 4.43 Å². The van der Waals surface area contributed by atoms with Crippen LogP contribution in [0.4, 0.5) is 13.2 Å². The standard InChI is InChI=1S/C27H30F3NOSi/c1-16-12-19(13-17(2)23(16)27(28,29)30)24-25-21(10-11-31-24)20-9-8-18(15-26(3,4)5)14-22(20)33(6,7)32-25/h8-14H,15H2,1-7H3. The smallest absolute Gasteiger partial charge is 0.416 e. The third-order valence-corrected chi connectivity index (χ3v) is 8.53. The highest BCUT2D eigenvalue weighted by Gasteiger charge is 2.38. The maximum Gasteiger partial charge on any atom is 0.416 e. The molecule has 0 unspecified atom stereocenters. The third-order valence-electron chi connectivity index (χ3n) is 6.11. The van der Waals surface area contributed by atoms with Crippen molar-refractivity contribution < 1.29 is 17.6 Å². The molecule has 0 bridgehead atoms. The largest absolute Gasteiger partial charge is 0.538 e. The molecule has 0 amide bonds. The fourth-order valence-corrected chi connectivity index (χ4v) is 7.10. The Morgan fingerprint density at radius 1 is 0.909 bits per heavy atom. The average molecular weight is 470 g/mol. The number of nitrogens with zero attached hydrogens (tertiary/aromatic N) is 1. The van der Waals surface area contributed by atoms with Crippen LogP contribution < -0.4 is 9.61 Å². The number of benzene rings is 2. The highest BCUT2D eigenvalue weighted by molar-refractivity contribution is 6.86. The van der Waals surface area contributed by atoms with E-state index in [1.54, 1.807) is 18.3 Å². The molecule has 2 nitrogen and oxygen atoms in total. The van der Waals surface area contributed by atoms with Gasteiger partial charge >= 0.3 is 6.18 Å². The van der Waals surface area contributed by atoms with Crippen LogP contribution in [0.2, 0.25) is 13.1 Å². The predicted molar refractivity (Wildman–Crippen MR) is 130 cm³/mol. The number of fused-ring (bicyclic) bond motifs is 3. The van der Waals surface area contributed by atoms with E-state index in [1.165, 1.54) is 24.6 Å². The lowest BCUT2D eigenvalue weighted by Gasteiger charge is -2.35. The first-order valence-electron chi connectivity index (χ1n) is 11.2. The minimum atomic E-state index is -4.38. The molecule has 2 aromatic carbocycles. The molecular weight excluding hydrogens is 439 g/mol. The van der Waals surface area contributed by atoms with Gasteiger partial charge in [-0.3, -0.25) is 4.98 Å². The zero-order chi connectivity index (χ0) is 24.3. The molecule has 174 valence electrons. The molecule has 0 fully saturated rings. The van der Waals surface area contributed by atoms with Gasteiger partial charge in [-0.1, -0.05) is 39.0 Å². The Balaban J connectivity index is 1.88. The summed E-state index contributed by atoms with van der Waals surface area (Å²) in [6.07, 6.45) is -1.69. The first-order chi connectivity index (χ1) is 15.2. The summed E-state index contributed by atoms with van der Waals surface area (Å²) in [6, 6.07) is 11.7. The van der Waals surface area contributed by atoms with E-state index in [4.69, 9.17) is 4.43 Å². The highest BCUT2D eigenvalue weighted by Crippen LogP contribution is 2.44. The normalized spacial score (nSPS) is 15.0. The lowest BCUT2D eigenvalue weighted by Crippen LogP contribution is -2.51. The molecular formula is C27H30F3NOSi. The molecule has 3 aromatic rings. The SMILES string of the molecule is Cc1cc(-c2nccc3c2O[Si](C)(C)c2cc(CC(C)(C)C)ccc2-3)cc(C)c1C(F)(F)F. The van der Waals surface area contributed by atoms with Gasteiger partial charge in [0.05, 0.1) is 5.56 Å². The fraction of sp³-hybridized carbons (Fsp3) is 0.370. The zero-order valence-electron chi connectivity index (χ0n) is 20.2. The van der Waals surface area contributed by atoms with E-state index in [9.17, 15) is 13.2 Å². The van der Waals surface area contributed by atoms with Crippen molar-refractivity contribution in [2.24, 2.45) is 5.41 Å². The summed E-state index contributed by atoms with van der Waals surface area (Å²) in [5.74, 6) is 0.670. The van der Waals surface area contributed by atoms with Gasteiger partial charge in [-0.15, -0.1) is 0 Å². The Labute approximate surface area is 195 Å².